The Morgan fingerprint density at radius 2 is 2.33 bits per heavy atom. The molecule has 0 aliphatic heterocycles. The first-order valence-electron chi connectivity index (χ1n) is 5.18. The number of nitrogens with two attached hydrogens (primary N) is 1. The summed E-state index contributed by atoms with van der Waals surface area (Å²) < 4.78 is 0. The van der Waals surface area contributed by atoms with E-state index in [0.717, 1.165) is 18.4 Å². The standard InChI is InChI=1S/C12H15NO2/c1-7-3-2-4-9-8(7)5-6-10(9)11(13)12(14)15/h2-4,10-11H,5-6,13H2,1H3,(H,14,15). The molecule has 3 nitrogen and oxygen atoms in total. The SMILES string of the molecule is Cc1cccc2c1CCC2C(N)C(=O)O. The van der Waals surface area contributed by atoms with E-state index in [-0.39, 0.29) is 5.92 Å². The predicted molar refractivity (Wildman–Crippen MR) is 57.9 cm³/mol. The highest BCUT2D eigenvalue weighted by Gasteiger charge is 2.31. The molecule has 2 unspecified atom stereocenters. The molecule has 0 saturated heterocycles. The van der Waals surface area contributed by atoms with Gasteiger partial charge in [-0.05, 0) is 36.5 Å². The molecule has 2 atom stereocenters. The van der Waals surface area contributed by atoms with Crippen LogP contribution >= 0.6 is 0 Å². The van der Waals surface area contributed by atoms with E-state index in [1.807, 2.05) is 12.1 Å². The summed E-state index contributed by atoms with van der Waals surface area (Å²) in [6, 6.07) is 5.27. The van der Waals surface area contributed by atoms with Crippen LogP contribution in [0.15, 0.2) is 18.2 Å². The van der Waals surface area contributed by atoms with Crippen molar-refractivity contribution in [2.45, 2.75) is 31.7 Å². The normalized spacial score (nSPS) is 21.1. The number of benzene rings is 1. The maximum atomic E-state index is 10.9. The third kappa shape index (κ3) is 1.63. The Morgan fingerprint density at radius 3 is 3.00 bits per heavy atom. The Kier molecular flexibility index (Phi) is 2.49. The average molecular weight is 205 g/mol. The fourth-order valence-corrected chi connectivity index (χ4v) is 2.41. The summed E-state index contributed by atoms with van der Waals surface area (Å²) in [4.78, 5) is 10.9. The summed E-state index contributed by atoms with van der Waals surface area (Å²) in [6.07, 6.45) is 1.81. The number of fused-ring (bicyclic) bond motifs is 1. The maximum absolute atomic E-state index is 10.9. The number of carbonyl (C=O) groups is 1. The van der Waals surface area contributed by atoms with Crippen molar-refractivity contribution in [3.8, 4) is 0 Å². The lowest BCUT2D eigenvalue weighted by Crippen LogP contribution is -2.35. The molecule has 3 N–H and O–H groups in total. The molecule has 0 amide bonds. The molecule has 1 aromatic rings. The van der Waals surface area contributed by atoms with E-state index >= 15 is 0 Å². The molecule has 80 valence electrons. The van der Waals surface area contributed by atoms with Gasteiger partial charge in [-0.2, -0.15) is 0 Å². The lowest BCUT2D eigenvalue weighted by Gasteiger charge is -2.16. The molecule has 0 bridgehead atoms. The van der Waals surface area contributed by atoms with Crippen molar-refractivity contribution < 1.29 is 9.90 Å². The minimum atomic E-state index is -0.908. The first kappa shape index (κ1) is 10.2. The number of hydrogen-bond donors (Lipinski definition) is 2. The van der Waals surface area contributed by atoms with Crippen LogP contribution < -0.4 is 5.73 Å². The minimum absolute atomic E-state index is 0.0163. The Morgan fingerprint density at radius 1 is 1.60 bits per heavy atom. The van der Waals surface area contributed by atoms with Gasteiger partial charge in [-0.25, -0.2) is 0 Å². The van der Waals surface area contributed by atoms with Crippen LogP contribution in [0.5, 0.6) is 0 Å². The Bertz CT molecular complexity index is 401. The highest BCUT2D eigenvalue weighted by Crippen LogP contribution is 2.36. The zero-order valence-corrected chi connectivity index (χ0v) is 8.73. The summed E-state index contributed by atoms with van der Waals surface area (Å²) in [7, 11) is 0. The third-order valence-corrected chi connectivity index (χ3v) is 3.27. The van der Waals surface area contributed by atoms with Crippen LogP contribution in [0, 0.1) is 6.92 Å². The molecule has 1 aliphatic carbocycles. The Labute approximate surface area is 88.9 Å². The van der Waals surface area contributed by atoms with E-state index in [1.54, 1.807) is 0 Å². The predicted octanol–water partition coefficient (Wildman–Crippen LogP) is 1.44. The van der Waals surface area contributed by atoms with Gasteiger partial charge in [0, 0.05) is 5.92 Å². The van der Waals surface area contributed by atoms with Gasteiger partial charge >= 0.3 is 5.97 Å². The van der Waals surface area contributed by atoms with Crippen LogP contribution in [0.3, 0.4) is 0 Å². The van der Waals surface area contributed by atoms with Gasteiger partial charge < -0.3 is 10.8 Å². The Hall–Kier alpha value is -1.35. The molecule has 0 heterocycles. The van der Waals surface area contributed by atoms with Crippen molar-refractivity contribution >= 4 is 5.97 Å². The topological polar surface area (TPSA) is 63.3 Å². The summed E-state index contributed by atoms with van der Waals surface area (Å²) in [6.45, 7) is 2.06. The second-order valence-corrected chi connectivity index (χ2v) is 4.15. The number of aliphatic carboxylic acids is 1. The number of rotatable bonds is 2. The van der Waals surface area contributed by atoms with E-state index in [4.69, 9.17) is 10.8 Å². The fraction of sp³-hybridized carbons (Fsp3) is 0.417. The first-order chi connectivity index (χ1) is 7.11. The van der Waals surface area contributed by atoms with Gasteiger partial charge in [0.15, 0.2) is 0 Å². The van der Waals surface area contributed by atoms with Crippen LogP contribution in [0.4, 0.5) is 0 Å². The van der Waals surface area contributed by atoms with Crippen molar-refractivity contribution in [2.75, 3.05) is 0 Å². The van der Waals surface area contributed by atoms with Crippen LogP contribution in [0.1, 0.15) is 29.0 Å². The average Bonchev–Trinajstić information content (AvgIpc) is 2.61. The molecular weight excluding hydrogens is 190 g/mol. The quantitative estimate of drug-likeness (QED) is 0.767. The molecule has 3 heteroatoms. The zero-order valence-electron chi connectivity index (χ0n) is 8.73. The largest absolute Gasteiger partial charge is 0.480 e. The summed E-state index contributed by atoms with van der Waals surface area (Å²) in [5.41, 5.74) is 9.35. The number of carboxylic acids is 1. The van der Waals surface area contributed by atoms with Crippen LogP contribution in [-0.2, 0) is 11.2 Å². The van der Waals surface area contributed by atoms with Crippen molar-refractivity contribution in [1.29, 1.82) is 0 Å². The monoisotopic (exact) mass is 205 g/mol. The molecule has 2 rings (SSSR count). The molecule has 1 aromatic carbocycles. The molecular formula is C12H15NO2. The van der Waals surface area contributed by atoms with Crippen molar-refractivity contribution in [1.82, 2.24) is 0 Å². The lowest BCUT2D eigenvalue weighted by molar-refractivity contribution is -0.139. The minimum Gasteiger partial charge on any atom is -0.480 e. The summed E-state index contributed by atoms with van der Waals surface area (Å²) >= 11 is 0. The van der Waals surface area contributed by atoms with Crippen LogP contribution in [0.25, 0.3) is 0 Å². The van der Waals surface area contributed by atoms with E-state index in [9.17, 15) is 4.79 Å². The molecule has 0 spiro atoms. The van der Waals surface area contributed by atoms with Gasteiger partial charge in [0.2, 0.25) is 0 Å². The van der Waals surface area contributed by atoms with E-state index in [1.165, 1.54) is 11.1 Å². The maximum Gasteiger partial charge on any atom is 0.321 e. The van der Waals surface area contributed by atoms with Crippen LogP contribution in [-0.4, -0.2) is 17.1 Å². The molecule has 15 heavy (non-hydrogen) atoms. The summed E-state index contributed by atoms with van der Waals surface area (Å²) in [5.74, 6) is -0.924. The van der Waals surface area contributed by atoms with Gasteiger partial charge in [0.1, 0.15) is 6.04 Å². The second kappa shape index (κ2) is 3.66. The number of carboxylic acid groups (broad SMARTS) is 1. The van der Waals surface area contributed by atoms with Crippen molar-refractivity contribution in [2.24, 2.45) is 5.73 Å². The summed E-state index contributed by atoms with van der Waals surface area (Å²) in [5, 5.41) is 8.91. The zero-order chi connectivity index (χ0) is 11.0. The van der Waals surface area contributed by atoms with Crippen LogP contribution in [0.2, 0.25) is 0 Å². The Balaban J connectivity index is 2.37. The van der Waals surface area contributed by atoms with Gasteiger partial charge in [0.05, 0.1) is 0 Å². The smallest absolute Gasteiger partial charge is 0.321 e. The van der Waals surface area contributed by atoms with Crippen molar-refractivity contribution in [3.63, 3.8) is 0 Å². The fourth-order valence-electron chi connectivity index (χ4n) is 2.41. The molecule has 0 radical (unpaired) electrons. The number of aryl methyl sites for hydroxylation is 1. The van der Waals surface area contributed by atoms with Gasteiger partial charge in [-0.15, -0.1) is 0 Å². The van der Waals surface area contributed by atoms with E-state index in [2.05, 4.69) is 13.0 Å². The van der Waals surface area contributed by atoms with Crippen molar-refractivity contribution in [3.05, 3.63) is 34.9 Å². The lowest BCUT2D eigenvalue weighted by atomic mass is 9.93. The van der Waals surface area contributed by atoms with E-state index < -0.39 is 12.0 Å². The second-order valence-electron chi connectivity index (χ2n) is 4.15. The molecule has 0 fully saturated rings. The highest BCUT2D eigenvalue weighted by atomic mass is 16.4. The molecule has 1 aliphatic rings. The van der Waals surface area contributed by atoms with Gasteiger partial charge in [-0.3, -0.25) is 4.79 Å². The molecule has 0 aromatic heterocycles. The first-order valence-corrected chi connectivity index (χ1v) is 5.18. The third-order valence-electron chi connectivity index (χ3n) is 3.27. The molecule has 0 saturated carbocycles. The van der Waals surface area contributed by atoms with Gasteiger partial charge in [-0.1, -0.05) is 18.2 Å². The number of hydrogen-bond acceptors (Lipinski definition) is 2. The van der Waals surface area contributed by atoms with Gasteiger partial charge in [0.25, 0.3) is 0 Å². The highest BCUT2D eigenvalue weighted by molar-refractivity contribution is 5.75. The van der Waals surface area contributed by atoms with E-state index in [0.29, 0.717) is 0 Å².